The molecule has 0 aliphatic carbocycles. The Kier molecular flexibility index (Phi) is 1.51. The zero-order valence-electron chi connectivity index (χ0n) is 9.05. The molecule has 3 nitrogen and oxygen atoms in total. The quantitative estimate of drug-likeness (QED) is 0.602. The lowest BCUT2D eigenvalue weighted by atomic mass is 10.4. The van der Waals surface area contributed by atoms with E-state index in [1.54, 1.807) is 6.92 Å². The molecule has 0 radical (unpaired) electrons. The number of carbonyl (C=O) groups is 1. The molecule has 3 heteroatoms. The molecule has 0 saturated carbocycles. The first kappa shape index (κ1) is 4.49. The molecule has 0 spiro atoms. The molecule has 58 valence electrons. The van der Waals surface area contributed by atoms with Gasteiger partial charge in [-0.25, -0.2) is 9.78 Å². The predicted octanol–water partition coefficient (Wildman–Crippen LogP) is 1.26. The van der Waals surface area contributed by atoms with Gasteiger partial charge < -0.3 is 4.74 Å². The molecule has 11 heavy (non-hydrogen) atoms. The molecule has 1 aromatic rings. The average Bonchev–Trinajstić information content (AvgIpc) is 2.11. The summed E-state index contributed by atoms with van der Waals surface area (Å²) in [6.45, 7) is 1.81. The Labute approximate surface area is 69.2 Å². The molecule has 1 aromatic heterocycles. The van der Waals surface area contributed by atoms with Gasteiger partial charge in [0.15, 0.2) is 0 Å². The second-order valence-electron chi connectivity index (χ2n) is 1.72. The topological polar surface area (TPSA) is 39.2 Å². The molecule has 0 fully saturated rings. The monoisotopic (exact) mass is 154 g/mol. The maximum atomic E-state index is 11.2. The number of ether oxygens (including phenoxy) is 1. The smallest absolute Gasteiger partial charge is 0.356 e. The zero-order valence-corrected chi connectivity index (χ0v) is 6.05. The van der Waals surface area contributed by atoms with Crippen molar-refractivity contribution in [3.05, 3.63) is 30.0 Å². The van der Waals surface area contributed by atoms with E-state index in [1.807, 2.05) is 0 Å². The van der Waals surface area contributed by atoms with Crippen LogP contribution in [-0.2, 0) is 4.74 Å². The van der Waals surface area contributed by atoms with Crippen molar-refractivity contribution in [2.75, 3.05) is 6.61 Å². The normalized spacial score (nSPS) is 13.0. The summed E-state index contributed by atoms with van der Waals surface area (Å²) in [4.78, 5) is 14.7. The molecule has 0 atom stereocenters. The number of rotatable bonds is 2. The van der Waals surface area contributed by atoms with Crippen molar-refractivity contribution in [2.24, 2.45) is 0 Å². The van der Waals surface area contributed by atoms with E-state index in [0.29, 0.717) is 0 Å². The Bertz CT molecular complexity index is 368. The van der Waals surface area contributed by atoms with Gasteiger partial charge in [-0.15, -0.1) is 0 Å². The molecular formula is C8H9NO2. The summed E-state index contributed by atoms with van der Waals surface area (Å²) in [5.41, 5.74) is -0.274. The Morgan fingerprint density at radius 2 is 2.73 bits per heavy atom. The highest BCUT2D eigenvalue weighted by Crippen LogP contribution is 1.95. The van der Waals surface area contributed by atoms with E-state index >= 15 is 0 Å². The van der Waals surface area contributed by atoms with Crippen LogP contribution in [0.15, 0.2) is 24.3 Å². The van der Waals surface area contributed by atoms with Crippen LogP contribution < -0.4 is 0 Å². The predicted molar refractivity (Wildman–Crippen MR) is 40.2 cm³/mol. The van der Waals surface area contributed by atoms with E-state index < -0.39 is 5.97 Å². The highest BCUT2D eigenvalue weighted by molar-refractivity contribution is 5.86. The van der Waals surface area contributed by atoms with Gasteiger partial charge in [-0.2, -0.15) is 0 Å². The van der Waals surface area contributed by atoms with Crippen molar-refractivity contribution in [1.29, 1.82) is 0 Å². The van der Waals surface area contributed by atoms with Gasteiger partial charge in [0, 0.05) is 6.17 Å². The van der Waals surface area contributed by atoms with Gasteiger partial charge in [0.2, 0.25) is 0 Å². The minimum Gasteiger partial charge on any atom is -0.461 e. The molecule has 0 bridgehead atoms. The van der Waals surface area contributed by atoms with Gasteiger partial charge in [0.1, 0.15) is 5.69 Å². The zero-order chi connectivity index (χ0) is 10.7. The van der Waals surface area contributed by atoms with E-state index in [1.165, 1.54) is 0 Å². The number of hydrogen-bond donors (Lipinski definition) is 0. The van der Waals surface area contributed by atoms with Crippen LogP contribution in [0.3, 0.4) is 0 Å². The Hall–Kier alpha value is -1.38. The lowest BCUT2D eigenvalue weighted by Gasteiger charge is -1.98. The maximum Gasteiger partial charge on any atom is 0.356 e. The molecule has 0 amide bonds. The third-order valence-corrected chi connectivity index (χ3v) is 0.972. The Morgan fingerprint density at radius 3 is 3.45 bits per heavy atom. The fourth-order valence-corrected chi connectivity index (χ4v) is 0.558. The summed E-state index contributed by atoms with van der Waals surface area (Å²) in [5, 5.41) is 0. The third kappa shape index (κ3) is 2.04. The summed E-state index contributed by atoms with van der Waals surface area (Å²) in [6.07, 6.45) is -0.214. The summed E-state index contributed by atoms with van der Waals surface area (Å²) >= 11 is 0. The molecule has 0 N–H and O–H groups in total. The molecule has 0 aromatic carbocycles. The van der Waals surface area contributed by atoms with Crippen molar-refractivity contribution >= 4 is 5.97 Å². The number of carbonyl (C=O) groups excluding carboxylic acids is 1. The Morgan fingerprint density at radius 1 is 1.91 bits per heavy atom. The van der Waals surface area contributed by atoms with Crippen LogP contribution in [0.4, 0.5) is 0 Å². The second-order valence-corrected chi connectivity index (χ2v) is 1.72. The third-order valence-electron chi connectivity index (χ3n) is 0.972. The van der Waals surface area contributed by atoms with Crippen LogP contribution in [-0.4, -0.2) is 17.6 Å². The average molecular weight is 154 g/mol. The van der Waals surface area contributed by atoms with E-state index in [9.17, 15) is 4.79 Å². The van der Waals surface area contributed by atoms with E-state index in [-0.39, 0.29) is 30.6 Å². The van der Waals surface area contributed by atoms with E-state index in [0.717, 1.165) is 6.07 Å². The number of nitrogens with zero attached hydrogens (tertiary/aromatic N) is 1. The SMILES string of the molecule is [2H]c1cc([2H])c([2H])c(C(=O)OCC)n1. The maximum absolute atomic E-state index is 11.2. The van der Waals surface area contributed by atoms with Crippen molar-refractivity contribution < 1.29 is 13.6 Å². The van der Waals surface area contributed by atoms with Crippen LogP contribution in [0.2, 0.25) is 0 Å². The first-order chi connectivity index (χ1) is 6.56. The van der Waals surface area contributed by atoms with Gasteiger partial charge >= 0.3 is 5.97 Å². The van der Waals surface area contributed by atoms with Crippen LogP contribution in [0.1, 0.15) is 21.5 Å². The van der Waals surface area contributed by atoms with E-state index in [2.05, 4.69) is 9.72 Å². The van der Waals surface area contributed by atoms with Crippen molar-refractivity contribution in [3.8, 4) is 0 Å². The highest BCUT2D eigenvalue weighted by atomic mass is 16.5. The molecule has 1 rings (SSSR count). The molecule has 0 aliphatic rings. The summed E-state index contributed by atoms with van der Waals surface area (Å²) in [7, 11) is 0. The van der Waals surface area contributed by atoms with Crippen LogP contribution in [0.5, 0.6) is 0 Å². The summed E-state index contributed by atoms with van der Waals surface area (Å²) < 4.78 is 26.4. The molecule has 0 saturated heterocycles. The van der Waals surface area contributed by atoms with Crippen molar-refractivity contribution in [3.63, 3.8) is 0 Å². The molecule has 0 unspecified atom stereocenters. The largest absolute Gasteiger partial charge is 0.461 e. The fourth-order valence-electron chi connectivity index (χ4n) is 0.558. The lowest BCUT2D eigenvalue weighted by molar-refractivity contribution is 0.0519. The summed E-state index contributed by atoms with van der Waals surface area (Å²) in [5.74, 6) is -0.764. The van der Waals surface area contributed by atoms with Crippen molar-refractivity contribution in [1.82, 2.24) is 4.98 Å². The number of hydrogen-bond acceptors (Lipinski definition) is 3. The minimum atomic E-state index is -0.764. The Balaban J connectivity index is 3.13. The van der Waals surface area contributed by atoms with Gasteiger partial charge in [-0.3, -0.25) is 0 Å². The van der Waals surface area contributed by atoms with Crippen LogP contribution in [0.25, 0.3) is 0 Å². The molecule has 0 aliphatic heterocycles. The fraction of sp³-hybridized carbons (Fsp3) is 0.250. The first-order valence-electron chi connectivity index (χ1n) is 4.68. The highest BCUT2D eigenvalue weighted by Gasteiger charge is 2.04. The summed E-state index contributed by atoms with van der Waals surface area (Å²) in [6, 6.07) is 0.595. The standard InChI is InChI=1S/C8H9NO2/c1-2-11-8(10)7-5-3-4-6-9-7/h3-6H,2H2,1H3/i3D,5D,6D. The van der Waals surface area contributed by atoms with Gasteiger partial charge in [0.05, 0.1) is 10.7 Å². The number of aromatic nitrogens is 1. The van der Waals surface area contributed by atoms with Gasteiger partial charge in [-0.05, 0) is 19.0 Å². The van der Waals surface area contributed by atoms with Crippen LogP contribution in [0, 0.1) is 0 Å². The number of esters is 1. The van der Waals surface area contributed by atoms with E-state index in [4.69, 9.17) is 4.11 Å². The van der Waals surface area contributed by atoms with Gasteiger partial charge in [0.25, 0.3) is 0 Å². The molecular weight excluding hydrogens is 142 g/mol. The number of pyridine rings is 1. The van der Waals surface area contributed by atoms with Crippen molar-refractivity contribution in [2.45, 2.75) is 6.92 Å². The lowest BCUT2D eigenvalue weighted by Crippen LogP contribution is -2.05. The minimum absolute atomic E-state index is 0.176. The second kappa shape index (κ2) is 3.71. The first-order valence-corrected chi connectivity index (χ1v) is 3.18. The van der Waals surface area contributed by atoms with Gasteiger partial charge in [-0.1, -0.05) is 6.04 Å². The molecule has 1 heterocycles. The van der Waals surface area contributed by atoms with Crippen LogP contribution >= 0.6 is 0 Å².